The highest BCUT2D eigenvalue weighted by Gasteiger charge is 2.24. The van der Waals surface area contributed by atoms with Gasteiger partial charge >= 0.3 is 0 Å². The van der Waals surface area contributed by atoms with Gasteiger partial charge in [-0.05, 0) is 29.2 Å². The first-order valence-electron chi connectivity index (χ1n) is 9.81. The summed E-state index contributed by atoms with van der Waals surface area (Å²) in [5.41, 5.74) is 3.41. The van der Waals surface area contributed by atoms with Crippen LogP contribution in [0.1, 0.15) is 31.9 Å². The molecule has 1 N–H and O–H groups in total. The lowest BCUT2D eigenvalue weighted by Gasteiger charge is -2.23. The average Bonchev–Trinajstić information content (AvgIpc) is 3.15. The number of hydrogen-bond acceptors (Lipinski definition) is 5. The maximum atomic E-state index is 11.0. The lowest BCUT2D eigenvalue weighted by Crippen LogP contribution is -2.13. The van der Waals surface area contributed by atoms with Crippen LogP contribution in [0.5, 0.6) is 17.2 Å². The van der Waals surface area contributed by atoms with Crippen LogP contribution in [-0.4, -0.2) is 27.2 Å². The van der Waals surface area contributed by atoms with Gasteiger partial charge in [-0.3, -0.25) is 0 Å². The summed E-state index contributed by atoms with van der Waals surface area (Å²) in [5.74, 6) is 1.49. The predicted octanol–water partition coefficient (Wildman–Crippen LogP) is 5.01. The van der Waals surface area contributed by atoms with E-state index in [2.05, 4.69) is 10.2 Å². The summed E-state index contributed by atoms with van der Waals surface area (Å²) >= 11 is 0. The fourth-order valence-corrected chi connectivity index (χ4v) is 3.27. The number of ether oxygens (including phenoxy) is 2. The molecule has 30 heavy (non-hydrogen) atoms. The monoisotopic (exact) mass is 403 g/mol. The number of rotatable bonds is 5. The van der Waals surface area contributed by atoms with Crippen molar-refractivity contribution in [3.05, 3.63) is 71.8 Å². The molecule has 0 aliphatic carbocycles. The summed E-state index contributed by atoms with van der Waals surface area (Å²) < 4.78 is 11.3. The minimum Gasteiger partial charge on any atom is -0.505 e. The van der Waals surface area contributed by atoms with E-state index in [1.807, 2.05) is 75.4 Å². The van der Waals surface area contributed by atoms with Crippen LogP contribution in [0, 0.1) is 0 Å². The first kappa shape index (κ1) is 19.8. The molecule has 1 aromatic heterocycles. The van der Waals surface area contributed by atoms with Crippen molar-refractivity contribution in [3.63, 3.8) is 0 Å². The number of methoxy groups -OCH3 is 1. The molecule has 0 saturated carbocycles. The van der Waals surface area contributed by atoms with Crippen LogP contribution in [0.25, 0.3) is 16.7 Å². The number of phenolic OH excluding ortho intramolecular Hbond substituents is 1. The quantitative estimate of drug-likeness (QED) is 0.507. The third-order valence-corrected chi connectivity index (χ3v) is 4.92. The molecule has 0 atom stereocenters. The second-order valence-corrected chi connectivity index (χ2v) is 8.21. The van der Waals surface area contributed by atoms with E-state index in [0.29, 0.717) is 34.8 Å². The molecular formula is C24H25N3O3. The van der Waals surface area contributed by atoms with E-state index in [-0.39, 0.29) is 11.2 Å². The largest absolute Gasteiger partial charge is 0.505 e. The van der Waals surface area contributed by atoms with E-state index >= 15 is 0 Å². The molecule has 0 bridgehead atoms. The molecule has 0 saturated heterocycles. The summed E-state index contributed by atoms with van der Waals surface area (Å²) in [6, 6.07) is 19.1. The van der Waals surface area contributed by atoms with Gasteiger partial charge in [0.2, 0.25) is 0 Å². The smallest absolute Gasteiger partial charge is 0.147 e. The fraction of sp³-hybridized carbons (Fsp3) is 0.250. The zero-order valence-corrected chi connectivity index (χ0v) is 17.6. The molecule has 6 nitrogen and oxygen atoms in total. The van der Waals surface area contributed by atoms with Crippen LogP contribution in [0.15, 0.2) is 60.7 Å². The summed E-state index contributed by atoms with van der Waals surface area (Å²) in [5, 5.41) is 20.1. The van der Waals surface area contributed by atoms with Gasteiger partial charge < -0.3 is 14.6 Å². The van der Waals surface area contributed by atoms with Crippen LogP contribution in [0.4, 0.5) is 0 Å². The van der Waals surface area contributed by atoms with E-state index in [9.17, 15) is 5.11 Å². The second kappa shape index (κ2) is 7.71. The van der Waals surface area contributed by atoms with E-state index < -0.39 is 0 Å². The topological polar surface area (TPSA) is 69.4 Å². The summed E-state index contributed by atoms with van der Waals surface area (Å²) in [6.45, 7) is 6.57. The van der Waals surface area contributed by atoms with Crippen LogP contribution in [-0.2, 0) is 12.0 Å². The Kier molecular flexibility index (Phi) is 5.08. The van der Waals surface area contributed by atoms with E-state index in [4.69, 9.17) is 9.47 Å². The zero-order chi connectivity index (χ0) is 21.3. The molecule has 3 aromatic carbocycles. The van der Waals surface area contributed by atoms with Gasteiger partial charge in [0.1, 0.15) is 40.6 Å². The zero-order valence-electron chi connectivity index (χ0n) is 17.6. The molecule has 4 rings (SSSR count). The highest BCUT2D eigenvalue weighted by molar-refractivity contribution is 5.76. The molecule has 0 amide bonds. The molecule has 0 radical (unpaired) electrons. The Bertz CT molecular complexity index is 1180. The SMILES string of the molecule is COc1ccc2nn(-c3cc(OCc4ccccc4)cc(C(C)(C)C)c3O)nc2c1. The Morgan fingerprint density at radius 2 is 1.63 bits per heavy atom. The maximum absolute atomic E-state index is 11.0. The average molecular weight is 403 g/mol. The highest BCUT2D eigenvalue weighted by Crippen LogP contribution is 2.38. The molecule has 154 valence electrons. The number of aromatic hydroxyl groups is 1. The van der Waals surface area contributed by atoms with Crippen LogP contribution < -0.4 is 9.47 Å². The summed E-state index contributed by atoms with van der Waals surface area (Å²) in [4.78, 5) is 1.45. The lowest BCUT2D eigenvalue weighted by molar-refractivity contribution is 0.304. The normalized spacial score (nSPS) is 11.6. The first-order chi connectivity index (χ1) is 14.3. The van der Waals surface area contributed by atoms with Crippen molar-refractivity contribution in [1.82, 2.24) is 15.0 Å². The lowest BCUT2D eigenvalue weighted by atomic mass is 9.86. The molecule has 0 fully saturated rings. The molecule has 4 aromatic rings. The van der Waals surface area contributed by atoms with E-state index in [1.54, 1.807) is 13.2 Å². The van der Waals surface area contributed by atoms with Gasteiger partial charge in [-0.25, -0.2) is 0 Å². The van der Waals surface area contributed by atoms with Crippen LogP contribution in [0.2, 0.25) is 0 Å². The van der Waals surface area contributed by atoms with E-state index in [0.717, 1.165) is 11.1 Å². The Morgan fingerprint density at radius 3 is 2.33 bits per heavy atom. The number of fused-ring (bicyclic) bond motifs is 1. The van der Waals surface area contributed by atoms with Gasteiger partial charge in [0.25, 0.3) is 0 Å². The minimum absolute atomic E-state index is 0.141. The van der Waals surface area contributed by atoms with Gasteiger partial charge in [0.05, 0.1) is 7.11 Å². The number of aromatic nitrogens is 3. The van der Waals surface area contributed by atoms with Gasteiger partial charge in [-0.2, -0.15) is 0 Å². The van der Waals surface area contributed by atoms with Crippen molar-refractivity contribution >= 4 is 11.0 Å². The van der Waals surface area contributed by atoms with Crippen molar-refractivity contribution in [2.45, 2.75) is 32.8 Å². The Labute approximate surface area is 175 Å². The van der Waals surface area contributed by atoms with Gasteiger partial charge in [0, 0.05) is 17.7 Å². The van der Waals surface area contributed by atoms with Crippen LogP contribution >= 0.6 is 0 Å². The summed E-state index contributed by atoms with van der Waals surface area (Å²) in [7, 11) is 1.61. The van der Waals surface area contributed by atoms with Crippen molar-refractivity contribution in [3.8, 4) is 22.9 Å². The fourth-order valence-electron chi connectivity index (χ4n) is 3.27. The molecule has 0 aliphatic heterocycles. The molecule has 0 unspecified atom stereocenters. The van der Waals surface area contributed by atoms with Crippen LogP contribution in [0.3, 0.4) is 0 Å². The van der Waals surface area contributed by atoms with E-state index in [1.165, 1.54) is 4.80 Å². The third-order valence-electron chi connectivity index (χ3n) is 4.92. The van der Waals surface area contributed by atoms with Crippen molar-refractivity contribution in [1.29, 1.82) is 0 Å². The van der Waals surface area contributed by atoms with Crippen molar-refractivity contribution < 1.29 is 14.6 Å². The molecule has 0 spiro atoms. The molecular weight excluding hydrogens is 378 g/mol. The van der Waals surface area contributed by atoms with Gasteiger partial charge in [0.15, 0.2) is 0 Å². The highest BCUT2D eigenvalue weighted by atomic mass is 16.5. The molecule has 0 aliphatic rings. The first-order valence-corrected chi connectivity index (χ1v) is 9.81. The number of benzene rings is 3. The predicted molar refractivity (Wildman–Crippen MR) is 117 cm³/mol. The number of phenols is 1. The van der Waals surface area contributed by atoms with Crippen molar-refractivity contribution in [2.75, 3.05) is 7.11 Å². The summed E-state index contributed by atoms with van der Waals surface area (Å²) in [6.07, 6.45) is 0. The maximum Gasteiger partial charge on any atom is 0.147 e. The Hall–Kier alpha value is -3.54. The Morgan fingerprint density at radius 1 is 0.900 bits per heavy atom. The second-order valence-electron chi connectivity index (χ2n) is 8.21. The van der Waals surface area contributed by atoms with Gasteiger partial charge in [-0.15, -0.1) is 15.0 Å². The van der Waals surface area contributed by atoms with Gasteiger partial charge in [-0.1, -0.05) is 51.1 Å². The molecule has 6 heteroatoms. The number of hydrogen-bond donors (Lipinski definition) is 1. The number of nitrogens with zero attached hydrogens (tertiary/aromatic N) is 3. The standard InChI is InChI=1S/C24H25N3O3/c1-24(2,3)19-12-18(30-15-16-8-6-5-7-9-16)14-22(23(19)28)27-25-20-11-10-17(29-4)13-21(20)26-27/h5-14,28H,15H2,1-4H3. The molecule has 1 heterocycles. The van der Waals surface area contributed by atoms with Crippen molar-refractivity contribution in [2.24, 2.45) is 0 Å². The Balaban J connectivity index is 1.78. The minimum atomic E-state index is -0.291. The third kappa shape index (κ3) is 3.94.